The van der Waals surface area contributed by atoms with Crippen molar-refractivity contribution in [1.82, 2.24) is 9.97 Å². The normalized spacial score (nSPS) is 11.2. The van der Waals surface area contributed by atoms with E-state index >= 15 is 0 Å². The smallest absolute Gasteiger partial charge is 0.224 e. The van der Waals surface area contributed by atoms with Crippen molar-refractivity contribution < 1.29 is 0 Å². The molecule has 2 N–H and O–H groups in total. The van der Waals surface area contributed by atoms with Gasteiger partial charge in [0.25, 0.3) is 0 Å². The van der Waals surface area contributed by atoms with Gasteiger partial charge >= 0.3 is 0 Å². The van der Waals surface area contributed by atoms with Crippen LogP contribution in [0.3, 0.4) is 0 Å². The Hall–Kier alpha value is -1.32. The molecule has 4 nitrogen and oxygen atoms in total. The van der Waals surface area contributed by atoms with Crippen molar-refractivity contribution in [3.8, 4) is 0 Å². The van der Waals surface area contributed by atoms with Gasteiger partial charge in [0.1, 0.15) is 5.82 Å². The molecule has 4 heteroatoms. The highest BCUT2D eigenvalue weighted by Gasteiger charge is 2.10. The predicted molar refractivity (Wildman–Crippen MR) is 68.8 cm³/mol. The van der Waals surface area contributed by atoms with Crippen LogP contribution in [0.4, 0.5) is 11.8 Å². The van der Waals surface area contributed by atoms with Crippen molar-refractivity contribution in [2.24, 2.45) is 0 Å². The third-order valence-corrected chi connectivity index (χ3v) is 1.98. The molecule has 0 amide bonds. The summed E-state index contributed by atoms with van der Waals surface area (Å²) in [5.41, 5.74) is -0.0119. The van der Waals surface area contributed by atoms with Crippen molar-refractivity contribution in [3.63, 3.8) is 0 Å². The van der Waals surface area contributed by atoms with E-state index < -0.39 is 0 Å². The molecule has 0 aliphatic carbocycles. The monoisotopic (exact) mass is 222 g/mol. The minimum Gasteiger partial charge on any atom is -0.370 e. The van der Waals surface area contributed by atoms with E-state index in [4.69, 9.17) is 0 Å². The highest BCUT2D eigenvalue weighted by Crippen LogP contribution is 2.11. The lowest BCUT2D eigenvalue weighted by Crippen LogP contribution is -2.27. The maximum Gasteiger partial charge on any atom is 0.224 e. The summed E-state index contributed by atoms with van der Waals surface area (Å²) >= 11 is 0. The Morgan fingerprint density at radius 1 is 1.31 bits per heavy atom. The summed E-state index contributed by atoms with van der Waals surface area (Å²) in [5, 5.41) is 6.53. The summed E-state index contributed by atoms with van der Waals surface area (Å²) in [6.45, 7) is 9.41. The molecule has 0 radical (unpaired) electrons. The average molecular weight is 222 g/mol. The van der Waals surface area contributed by atoms with E-state index in [1.54, 1.807) is 6.20 Å². The number of nitrogens with zero attached hydrogens (tertiary/aromatic N) is 2. The molecule has 0 spiro atoms. The first kappa shape index (κ1) is 12.7. The molecule has 1 aromatic heterocycles. The van der Waals surface area contributed by atoms with Gasteiger partial charge in [0.2, 0.25) is 5.95 Å². The van der Waals surface area contributed by atoms with Gasteiger partial charge in [-0.3, -0.25) is 0 Å². The van der Waals surface area contributed by atoms with Gasteiger partial charge in [0.15, 0.2) is 0 Å². The molecule has 0 aliphatic heterocycles. The minimum atomic E-state index is -0.0119. The summed E-state index contributed by atoms with van der Waals surface area (Å²) in [4.78, 5) is 8.59. The van der Waals surface area contributed by atoms with Crippen molar-refractivity contribution in [2.45, 2.75) is 46.1 Å². The van der Waals surface area contributed by atoms with Gasteiger partial charge in [-0.05, 0) is 33.3 Å². The Kier molecular flexibility index (Phi) is 4.52. The van der Waals surface area contributed by atoms with Crippen LogP contribution in [0.1, 0.15) is 40.5 Å². The molecule has 0 bridgehead atoms. The number of hydrogen-bond donors (Lipinski definition) is 2. The third kappa shape index (κ3) is 4.96. The number of nitrogens with one attached hydrogen (secondary N) is 2. The lowest BCUT2D eigenvalue weighted by Gasteiger charge is -2.20. The maximum absolute atomic E-state index is 4.40. The van der Waals surface area contributed by atoms with Crippen LogP contribution in [0, 0.1) is 0 Å². The molecular weight excluding hydrogens is 200 g/mol. The van der Waals surface area contributed by atoms with Crippen molar-refractivity contribution in [1.29, 1.82) is 0 Å². The van der Waals surface area contributed by atoms with Crippen LogP contribution in [-0.4, -0.2) is 22.1 Å². The fraction of sp³-hybridized carbons (Fsp3) is 0.667. The molecule has 0 saturated heterocycles. The van der Waals surface area contributed by atoms with Crippen molar-refractivity contribution in [2.75, 3.05) is 17.2 Å². The molecule has 0 fully saturated rings. The van der Waals surface area contributed by atoms with Gasteiger partial charge in [0.05, 0.1) is 0 Å². The number of unbranched alkanes of at least 4 members (excludes halogenated alkanes) is 1. The van der Waals surface area contributed by atoms with E-state index in [0.717, 1.165) is 18.8 Å². The van der Waals surface area contributed by atoms with Crippen LogP contribution in [0.25, 0.3) is 0 Å². The van der Waals surface area contributed by atoms with Gasteiger partial charge < -0.3 is 10.6 Å². The summed E-state index contributed by atoms with van der Waals surface area (Å²) in [6.07, 6.45) is 4.12. The van der Waals surface area contributed by atoms with Gasteiger partial charge in [-0.1, -0.05) is 13.3 Å². The molecule has 0 atom stereocenters. The van der Waals surface area contributed by atoms with Crippen LogP contribution in [-0.2, 0) is 0 Å². The molecule has 1 heterocycles. The van der Waals surface area contributed by atoms with Crippen LogP contribution in [0.15, 0.2) is 12.3 Å². The average Bonchev–Trinajstić information content (AvgIpc) is 2.16. The van der Waals surface area contributed by atoms with Gasteiger partial charge in [-0.15, -0.1) is 0 Å². The maximum atomic E-state index is 4.40. The molecular formula is C12H22N4. The number of aromatic nitrogens is 2. The zero-order valence-electron chi connectivity index (χ0n) is 10.7. The van der Waals surface area contributed by atoms with Crippen LogP contribution < -0.4 is 10.6 Å². The molecule has 1 rings (SSSR count). The highest BCUT2D eigenvalue weighted by atomic mass is 15.2. The fourth-order valence-corrected chi connectivity index (χ4v) is 1.25. The lowest BCUT2D eigenvalue weighted by molar-refractivity contribution is 0.626. The fourth-order valence-electron chi connectivity index (χ4n) is 1.25. The second kappa shape index (κ2) is 5.68. The Bertz CT molecular complexity index is 317. The van der Waals surface area contributed by atoms with Gasteiger partial charge in [-0.2, -0.15) is 4.98 Å². The first-order valence-electron chi connectivity index (χ1n) is 5.86. The van der Waals surface area contributed by atoms with Crippen LogP contribution in [0.5, 0.6) is 0 Å². The summed E-state index contributed by atoms with van der Waals surface area (Å²) < 4.78 is 0. The van der Waals surface area contributed by atoms with E-state index in [0.29, 0.717) is 5.95 Å². The summed E-state index contributed by atoms with van der Waals surface area (Å²) in [7, 11) is 0. The molecule has 1 aromatic rings. The number of anilines is 2. The van der Waals surface area contributed by atoms with Gasteiger partial charge in [0, 0.05) is 18.3 Å². The molecule has 16 heavy (non-hydrogen) atoms. The second-order valence-electron chi connectivity index (χ2n) is 4.92. The van der Waals surface area contributed by atoms with E-state index in [1.807, 2.05) is 6.07 Å². The highest BCUT2D eigenvalue weighted by molar-refractivity contribution is 5.40. The minimum absolute atomic E-state index is 0.0119. The third-order valence-electron chi connectivity index (χ3n) is 1.98. The Balaban J connectivity index is 2.57. The molecule has 0 aliphatic rings. The lowest BCUT2D eigenvalue weighted by atomic mass is 10.1. The topological polar surface area (TPSA) is 49.8 Å². The van der Waals surface area contributed by atoms with E-state index in [-0.39, 0.29) is 5.54 Å². The van der Waals surface area contributed by atoms with Crippen molar-refractivity contribution >= 4 is 11.8 Å². The predicted octanol–water partition coefficient (Wildman–Crippen LogP) is 2.90. The Morgan fingerprint density at radius 3 is 2.69 bits per heavy atom. The first-order chi connectivity index (χ1) is 7.51. The summed E-state index contributed by atoms with van der Waals surface area (Å²) in [6, 6.07) is 1.89. The molecule has 90 valence electrons. The van der Waals surface area contributed by atoms with Crippen LogP contribution in [0.2, 0.25) is 0 Å². The zero-order valence-corrected chi connectivity index (χ0v) is 10.7. The van der Waals surface area contributed by atoms with Crippen LogP contribution >= 0.6 is 0 Å². The van der Waals surface area contributed by atoms with Gasteiger partial charge in [-0.25, -0.2) is 4.98 Å². The molecule has 0 saturated carbocycles. The molecule has 0 unspecified atom stereocenters. The van der Waals surface area contributed by atoms with Crippen molar-refractivity contribution in [3.05, 3.63) is 12.3 Å². The number of hydrogen-bond acceptors (Lipinski definition) is 4. The molecule has 0 aromatic carbocycles. The van der Waals surface area contributed by atoms with E-state index in [2.05, 4.69) is 48.3 Å². The SMILES string of the molecule is CCCCNc1ccnc(NC(C)(C)C)n1. The number of rotatable bonds is 5. The Morgan fingerprint density at radius 2 is 2.06 bits per heavy atom. The second-order valence-corrected chi connectivity index (χ2v) is 4.92. The first-order valence-corrected chi connectivity index (χ1v) is 5.86. The quantitative estimate of drug-likeness (QED) is 0.752. The van der Waals surface area contributed by atoms with E-state index in [9.17, 15) is 0 Å². The summed E-state index contributed by atoms with van der Waals surface area (Å²) in [5.74, 6) is 1.56. The standard InChI is InChI=1S/C12H22N4/c1-5-6-8-13-10-7-9-14-11(15-10)16-12(2,3)4/h7,9H,5-6,8H2,1-4H3,(H2,13,14,15,16). The Labute approximate surface area is 97.9 Å². The van der Waals surface area contributed by atoms with E-state index in [1.165, 1.54) is 6.42 Å². The zero-order chi connectivity index (χ0) is 12.0. The largest absolute Gasteiger partial charge is 0.370 e.